The van der Waals surface area contributed by atoms with Crippen molar-refractivity contribution in [3.63, 3.8) is 0 Å². The quantitative estimate of drug-likeness (QED) is 0.600. The van der Waals surface area contributed by atoms with Gasteiger partial charge in [-0.25, -0.2) is 4.39 Å². The van der Waals surface area contributed by atoms with E-state index in [9.17, 15) is 14.3 Å². The number of likely N-dealkylation sites (tertiary alicyclic amines) is 1. The van der Waals surface area contributed by atoms with Crippen molar-refractivity contribution in [3.8, 4) is 28.9 Å². The van der Waals surface area contributed by atoms with Crippen LogP contribution in [-0.2, 0) is 0 Å². The molecular formula is C23H24FNO6. The van der Waals surface area contributed by atoms with E-state index < -0.39 is 11.2 Å². The number of phenolic OH excluding ortho intramolecular Hbond substituents is 1. The summed E-state index contributed by atoms with van der Waals surface area (Å²) in [4.78, 5) is 14.9. The van der Waals surface area contributed by atoms with Crippen LogP contribution in [0.2, 0.25) is 0 Å². The molecule has 7 nitrogen and oxygen atoms in total. The average Bonchev–Trinajstić information content (AvgIpc) is 2.76. The molecular weight excluding hydrogens is 405 g/mol. The molecule has 0 amide bonds. The lowest BCUT2D eigenvalue weighted by Gasteiger charge is -2.26. The van der Waals surface area contributed by atoms with Crippen molar-refractivity contribution in [2.45, 2.75) is 19.3 Å². The Labute approximate surface area is 178 Å². The number of rotatable bonds is 7. The molecule has 2 heterocycles. The molecule has 164 valence electrons. The summed E-state index contributed by atoms with van der Waals surface area (Å²) in [5.41, 5.74) is -0.412. The van der Waals surface area contributed by atoms with Gasteiger partial charge in [-0.3, -0.25) is 9.69 Å². The van der Waals surface area contributed by atoms with Gasteiger partial charge in [-0.1, -0.05) is 6.42 Å². The maximum Gasteiger partial charge on any atom is 0.294 e. The number of hydrogen-bond acceptors (Lipinski definition) is 7. The fraction of sp³-hybridized carbons (Fsp3) is 0.348. The summed E-state index contributed by atoms with van der Waals surface area (Å²) in [5.74, 6) is -0.199. The van der Waals surface area contributed by atoms with Gasteiger partial charge in [0.25, 0.3) is 5.95 Å². The SMILES string of the molecule is COc1c(OCCN2CCCCC2)cc2oc(Oc3ccc(F)cc3)cc(=O)c2c1O. The maximum atomic E-state index is 13.1. The number of nitrogens with zero attached hydrogens (tertiary/aromatic N) is 1. The minimum Gasteiger partial charge on any atom is -0.504 e. The van der Waals surface area contributed by atoms with Gasteiger partial charge in [0.05, 0.1) is 13.2 Å². The van der Waals surface area contributed by atoms with E-state index in [1.807, 2.05) is 0 Å². The number of piperidine rings is 1. The molecule has 8 heteroatoms. The lowest BCUT2D eigenvalue weighted by molar-refractivity contribution is 0.180. The molecule has 1 saturated heterocycles. The first-order valence-electron chi connectivity index (χ1n) is 10.2. The smallest absolute Gasteiger partial charge is 0.294 e. The maximum absolute atomic E-state index is 13.1. The van der Waals surface area contributed by atoms with Crippen molar-refractivity contribution in [1.29, 1.82) is 0 Å². The van der Waals surface area contributed by atoms with Crippen LogP contribution in [-0.4, -0.2) is 43.4 Å². The van der Waals surface area contributed by atoms with Crippen LogP contribution in [0.5, 0.6) is 28.9 Å². The summed E-state index contributed by atoms with van der Waals surface area (Å²) in [6.45, 7) is 3.24. The van der Waals surface area contributed by atoms with Gasteiger partial charge in [0.15, 0.2) is 11.5 Å². The van der Waals surface area contributed by atoms with Crippen molar-refractivity contribution in [2.75, 3.05) is 33.4 Å². The van der Waals surface area contributed by atoms with E-state index >= 15 is 0 Å². The third kappa shape index (κ3) is 4.74. The fourth-order valence-electron chi connectivity index (χ4n) is 3.68. The second-order valence-electron chi connectivity index (χ2n) is 7.37. The molecule has 1 aromatic heterocycles. The molecule has 2 aromatic carbocycles. The van der Waals surface area contributed by atoms with Crippen molar-refractivity contribution in [2.24, 2.45) is 0 Å². The van der Waals surface area contributed by atoms with Gasteiger partial charge < -0.3 is 23.7 Å². The number of ether oxygens (including phenoxy) is 3. The van der Waals surface area contributed by atoms with Crippen LogP contribution in [0, 0.1) is 5.82 Å². The number of aromatic hydroxyl groups is 1. The van der Waals surface area contributed by atoms with E-state index in [1.165, 1.54) is 56.7 Å². The zero-order chi connectivity index (χ0) is 21.8. The standard InChI is InChI=1S/C23H24FNO6/c1-28-23-19(29-12-11-25-9-3-2-4-10-25)14-18-21(22(23)27)17(26)13-20(31-18)30-16-7-5-15(24)6-8-16/h5-8,13-14,27H,2-4,9-12H2,1H3. The second-order valence-corrected chi connectivity index (χ2v) is 7.37. The molecule has 0 aliphatic carbocycles. The Hall–Kier alpha value is -3.26. The highest BCUT2D eigenvalue weighted by molar-refractivity contribution is 5.88. The van der Waals surface area contributed by atoms with E-state index in [1.54, 1.807) is 0 Å². The molecule has 1 aliphatic rings. The van der Waals surface area contributed by atoms with Crippen molar-refractivity contribution in [3.05, 3.63) is 52.4 Å². The largest absolute Gasteiger partial charge is 0.504 e. The number of hydrogen-bond donors (Lipinski definition) is 1. The molecule has 3 aromatic rings. The fourth-order valence-corrected chi connectivity index (χ4v) is 3.68. The minimum absolute atomic E-state index is 0.0355. The number of fused-ring (bicyclic) bond motifs is 1. The summed E-state index contributed by atoms with van der Waals surface area (Å²) in [7, 11) is 1.39. The van der Waals surface area contributed by atoms with Crippen molar-refractivity contribution >= 4 is 11.0 Å². The molecule has 0 saturated carbocycles. The number of phenols is 1. The van der Waals surface area contributed by atoms with Gasteiger partial charge in [0.2, 0.25) is 11.2 Å². The van der Waals surface area contributed by atoms with Crippen molar-refractivity contribution < 1.29 is 28.1 Å². The number of methoxy groups -OCH3 is 1. The Morgan fingerprint density at radius 2 is 1.87 bits per heavy atom. The molecule has 0 bridgehead atoms. The Bertz CT molecular complexity index is 1110. The molecule has 0 radical (unpaired) electrons. The van der Waals surface area contributed by atoms with Crippen LogP contribution in [0.3, 0.4) is 0 Å². The second kappa shape index (κ2) is 9.26. The minimum atomic E-state index is -0.506. The Morgan fingerprint density at radius 1 is 1.13 bits per heavy atom. The van der Waals surface area contributed by atoms with Gasteiger partial charge in [-0.15, -0.1) is 0 Å². The highest BCUT2D eigenvalue weighted by Gasteiger charge is 2.20. The van der Waals surface area contributed by atoms with E-state index in [-0.39, 0.29) is 34.2 Å². The highest BCUT2D eigenvalue weighted by Crippen LogP contribution is 2.42. The normalized spacial score (nSPS) is 14.5. The summed E-state index contributed by atoms with van der Waals surface area (Å²) < 4.78 is 35.4. The Kier molecular flexibility index (Phi) is 6.27. The van der Waals surface area contributed by atoms with Gasteiger partial charge in [0, 0.05) is 12.6 Å². The zero-order valence-electron chi connectivity index (χ0n) is 17.2. The molecule has 31 heavy (non-hydrogen) atoms. The first-order valence-corrected chi connectivity index (χ1v) is 10.2. The predicted molar refractivity (Wildman–Crippen MR) is 113 cm³/mol. The number of halogens is 1. The summed E-state index contributed by atoms with van der Waals surface area (Å²) in [5, 5.41) is 10.6. The van der Waals surface area contributed by atoms with Gasteiger partial charge in [-0.05, 0) is 50.2 Å². The first kappa shape index (κ1) is 21.0. The first-order chi connectivity index (χ1) is 15.0. The molecule has 1 N–H and O–H groups in total. The molecule has 4 rings (SSSR count). The van der Waals surface area contributed by atoms with Crippen LogP contribution in [0.25, 0.3) is 11.0 Å². The van der Waals surface area contributed by atoms with Crippen LogP contribution >= 0.6 is 0 Å². The predicted octanol–water partition coefficient (Wildman–Crippen LogP) is 4.30. The molecule has 0 atom stereocenters. The lowest BCUT2D eigenvalue weighted by Crippen LogP contribution is -2.33. The molecule has 1 aliphatic heterocycles. The lowest BCUT2D eigenvalue weighted by atomic mass is 10.1. The zero-order valence-corrected chi connectivity index (χ0v) is 17.2. The molecule has 1 fully saturated rings. The third-order valence-electron chi connectivity index (χ3n) is 5.24. The number of benzene rings is 2. The Balaban J connectivity index is 1.61. The van der Waals surface area contributed by atoms with E-state index in [2.05, 4.69) is 4.90 Å². The van der Waals surface area contributed by atoms with Crippen molar-refractivity contribution in [1.82, 2.24) is 4.90 Å². The molecule has 0 unspecified atom stereocenters. The van der Waals surface area contributed by atoms with E-state index in [4.69, 9.17) is 18.6 Å². The topological polar surface area (TPSA) is 81.4 Å². The van der Waals surface area contributed by atoms with E-state index in [0.717, 1.165) is 25.7 Å². The van der Waals surface area contributed by atoms with Crippen LogP contribution < -0.4 is 19.6 Å². The van der Waals surface area contributed by atoms with Gasteiger partial charge in [-0.2, -0.15) is 0 Å². The van der Waals surface area contributed by atoms with E-state index in [0.29, 0.717) is 12.4 Å². The Morgan fingerprint density at radius 3 is 2.58 bits per heavy atom. The summed E-state index contributed by atoms with van der Waals surface area (Å²) in [6.07, 6.45) is 3.62. The van der Waals surface area contributed by atoms with Gasteiger partial charge >= 0.3 is 0 Å². The molecule has 0 spiro atoms. The average molecular weight is 429 g/mol. The summed E-state index contributed by atoms with van der Waals surface area (Å²) in [6, 6.07) is 7.92. The van der Waals surface area contributed by atoms with Crippen LogP contribution in [0.1, 0.15) is 19.3 Å². The monoisotopic (exact) mass is 429 g/mol. The third-order valence-corrected chi connectivity index (χ3v) is 5.24. The van der Waals surface area contributed by atoms with Crippen LogP contribution in [0.4, 0.5) is 4.39 Å². The summed E-state index contributed by atoms with van der Waals surface area (Å²) >= 11 is 0. The van der Waals surface area contributed by atoms with Crippen LogP contribution in [0.15, 0.2) is 45.6 Å². The highest BCUT2D eigenvalue weighted by atomic mass is 19.1. The van der Waals surface area contributed by atoms with Gasteiger partial charge in [0.1, 0.15) is 29.1 Å².